The summed E-state index contributed by atoms with van der Waals surface area (Å²) in [7, 11) is 0. The Kier molecular flexibility index (Phi) is 4.34. The summed E-state index contributed by atoms with van der Waals surface area (Å²) in [6, 6.07) is 4.08. The first-order valence-electron chi connectivity index (χ1n) is 6.10. The molecule has 0 aromatic heterocycles. The third-order valence-corrected chi connectivity index (χ3v) is 2.90. The number of allylic oxidation sites excluding steroid dienone is 5. The van der Waals surface area contributed by atoms with Crippen LogP contribution in [0.15, 0.2) is 54.3 Å². The molecule has 104 valence electrons. The monoisotopic (exact) mass is 273 g/mol. The van der Waals surface area contributed by atoms with Crippen molar-refractivity contribution < 1.29 is 20.1 Å². The van der Waals surface area contributed by atoms with E-state index in [2.05, 4.69) is 5.32 Å². The van der Waals surface area contributed by atoms with Crippen LogP contribution in [0.4, 0.5) is 5.69 Å². The van der Waals surface area contributed by atoms with E-state index in [-0.39, 0.29) is 11.1 Å². The van der Waals surface area contributed by atoms with Gasteiger partial charge in [0, 0.05) is 17.5 Å². The molecule has 0 amide bonds. The fourth-order valence-corrected chi connectivity index (χ4v) is 1.85. The molecule has 0 aliphatic heterocycles. The number of aliphatic hydroxyl groups is 2. The number of aliphatic hydroxyl groups excluding tert-OH is 1. The lowest BCUT2D eigenvalue weighted by Crippen LogP contribution is -2.05. The number of nitrogens with one attached hydrogen (secondary N) is 1. The Labute approximate surface area is 116 Å². The van der Waals surface area contributed by atoms with E-state index in [1.165, 1.54) is 18.2 Å². The van der Waals surface area contributed by atoms with Crippen LogP contribution in [0.2, 0.25) is 0 Å². The molecule has 20 heavy (non-hydrogen) atoms. The molecule has 0 heterocycles. The Balaban J connectivity index is 2.28. The zero-order valence-electron chi connectivity index (χ0n) is 10.7. The van der Waals surface area contributed by atoms with Crippen molar-refractivity contribution in [2.75, 3.05) is 5.32 Å². The summed E-state index contributed by atoms with van der Waals surface area (Å²) in [5.41, 5.74) is 1.67. The summed E-state index contributed by atoms with van der Waals surface area (Å²) >= 11 is 0. The fourth-order valence-electron chi connectivity index (χ4n) is 1.85. The average Bonchev–Trinajstić information content (AvgIpc) is 2.45. The molecule has 1 aliphatic carbocycles. The van der Waals surface area contributed by atoms with Crippen LogP contribution in [0, 0.1) is 0 Å². The quantitative estimate of drug-likeness (QED) is 0.631. The van der Waals surface area contributed by atoms with E-state index in [0.717, 1.165) is 12.0 Å². The van der Waals surface area contributed by atoms with Gasteiger partial charge in [-0.1, -0.05) is 30.4 Å². The normalized spacial score (nSPS) is 15.8. The van der Waals surface area contributed by atoms with Gasteiger partial charge in [-0.2, -0.15) is 0 Å². The molecule has 2 rings (SSSR count). The smallest absolute Gasteiger partial charge is 0.335 e. The predicted octanol–water partition coefficient (Wildman–Crippen LogP) is 2.18. The Morgan fingerprint density at radius 2 is 2.10 bits per heavy atom. The highest BCUT2D eigenvalue weighted by molar-refractivity contribution is 5.89. The van der Waals surface area contributed by atoms with Gasteiger partial charge in [-0.25, -0.2) is 4.79 Å². The summed E-state index contributed by atoms with van der Waals surface area (Å²) in [4.78, 5) is 11.0. The molecule has 1 aromatic carbocycles. The second-order valence-electron chi connectivity index (χ2n) is 4.34. The van der Waals surface area contributed by atoms with Gasteiger partial charge in [-0.05, 0) is 24.1 Å². The maximum absolute atomic E-state index is 11.0. The SMILES string of the molecule is O=C(O)c1ccc(C(O)O)c(N/C=C2/C=CC=CC2)c1. The van der Waals surface area contributed by atoms with Crippen LogP contribution in [-0.4, -0.2) is 21.3 Å². The molecular weight excluding hydrogens is 258 g/mol. The molecule has 4 N–H and O–H groups in total. The molecule has 0 saturated heterocycles. The minimum absolute atomic E-state index is 0.0781. The first-order chi connectivity index (χ1) is 9.58. The van der Waals surface area contributed by atoms with E-state index < -0.39 is 12.3 Å². The van der Waals surface area contributed by atoms with Gasteiger partial charge in [0.05, 0.1) is 5.56 Å². The van der Waals surface area contributed by atoms with Gasteiger partial charge < -0.3 is 20.6 Å². The average molecular weight is 273 g/mol. The molecule has 0 radical (unpaired) electrons. The highest BCUT2D eigenvalue weighted by atomic mass is 16.5. The van der Waals surface area contributed by atoms with Crippen LogP contribution < -0.4 is 5.32 Å². The van der Waals surface area contributed by atoms with Crippen molar-refractivity contribution in [1.29, 1.82) is 0 Å². The number of hydrogen-bond acceptors (Lipinski definition) is 4. The number of aromatic carboxylic acids is 1. The summed E-state index contributed by atoms with van der Waals surface area (Å²) in [5.74, 6) is -1.07. The van der Waals surface area contributed by atoms with E-state index in [1.54, 1.807) is 6.20 Å². The molecule has 0 unspecified atom stereocenters. The van der Waals surface area contributed by atoms with Crippen LogP contribution >= 0.6 is 0 Å². The first-order valence-corrected chi connectivity index (χ1v) is 6.10. The molecule has 1 aliphatic rings. The number of carbonyl (C=O) groups is 1. The molecular formula is C15H15NO4. The van der Waals surface area contributed by atoms with Crippen LogP contribution in [-0.2, 0) is 0 Å². The Morgan fingerprint density at radius 1 is 1.30 bits per heavy atom. The number of carboxylic acid groups (broad SMARTS) is 1. The fraction of sp³-hybridized carbons (Fsp3) is 0.133. The number of anilines is 1. The lowest BCUT2D eigenvalue weighted by atomic mass is 10.1. The molecule has 5 nitrogen and oxygen atoms in total. The Hall–Kier alpha value is -2.37. The molecule has 0 fully saturated rings. The summed E-state index contributed by atoms with van der Waals surface area (Å²) in [6.07, 6.45) is 8.55. The third-order valence-electron chi connectivity index (χ3n) is 2.90. The van der Waals surface area contributed by atoms with Gasteiger partial charge in [0.2, 0.25) is 0 Å². The van der Waals surface area contributed by atoms with Crippen molar-refractivity contribution in [3.8, 4) is 0 Å². The van der Waals surface area contributed by atoms with Crippen LogP contribution in [0.1, 0.15) is 28.6 Å². The Morgan fingerprint density at radius 3 is 2.70 bits per heavy atom. The van der Waals surface area contributed by atoms with Crippen molar-refractivity contribution >= 4 is 11.7 Å². The highest BCUT2D eigenvalue weighted by Gasteiger charge is 2.12. The molecule has 0 saturated carbocycles. The van der Waals surface area contributed by atoms with Gasteiger partial charge in [0.1, 0.15) is 0 Å². The van der Waals surface area contributed by atoms with Gasteiger partial charge in [-0.15, -0.1) is 0 Å². The van der Waals surface area contributed by atoms with Crippen molar-refractivity contribution in [2.24, 2.45) is 0 Å². The maximum Gasteiger partial charge on any atom is 0.335 e. The molecule has 1 aromatic rings. The van der Waals surface area contributed by atoms with E-state index in [4.69, 9.17) is 5.11 Å². The number of benzene rings is 1. The molecule has 0 atom stereocenters. The second-order valence-corrected chi connectivity index (χ2v) is 4.34. The van der Waals surface area contributed by atoms with Gasteiger partial charge in [-0.3, -0.25) is 0 Å². The first kappa shape index (κ1) is 14.0. The maximum atomic E-state index is 11.0. The summed E-state index contributed by atoms with van der Waals surface area (Å²) < 4.78 is 0. The Bertz CT molecular complexity index is 600. The second kappa shape index (κ2) is 6.18. The van der Waals surface area contributed by atoms with E-state index in [0.29, 0.717) is 5.69 Å². The predicted molar refractivity (Wildman–Crippen MR) is 75.2 cm³/mol. The van der Waals surface area contributed by atoms with Crippen molar-refractivity contribution in [2.45, 2.75) is 12.7 Å². The summed E-state index contributed by atoms with van der Waals surface area (Å²) in [5, 5.41) is 30.5. The van der Waals surface area contributed by atoms with Crippen molar-refractivity contribution in [1.82, 2.24) is 0 Å². The number of hydrogen-bond donors (Lipinski definition) is 4. The largest absolute Gasteiger partial charge is 0.478 e. The lowest BCUT2D eigenvalue weighted by Gasteiger charge is -2.13. The van der Waals surface area contributed by atoms with Crippen molar-refractivity contribution in [3.63, 3.8) is 0 Å². The summed E-state index contributed by atoms with van der Waals surface area (Å²) in [6.45, 7) is 0. The molecule has 5 heteroatoms. The van der Waals surface area contributed by atoms with Crippen molar-refractivity contribution in [3.05, 3.63) is 65.4 Å². The topological polar surface area (TPSA) is 89.8 Å². The minimum atomic E-state index is -1.67. The van der Waals surface area contributed by atoms with E-state index in [1.807, 2.05) is 24.3 Å². The zero-order valence-corrected chi connectivity index (χ0v) is 10.7. The molecule has 0 spiro atoms. The van der Waals surface area contributed by atoms with E-state index >= 15 is 0 Å². The van der Waals surface area contributed by atoms with Gasteiger partial charge in [0.25, 0.3) is 0 Å². The van der Waals surface area contributed by atoms with Crippen LogP contribution in [0.5, 0.6) is 0 Å². The third kappa shape index (κ3) is 3.34. The van der Waals surface area contributed by atoms with Gasteiger partial charge >= 0.3 is 5.97 Å². The van der Waals surface area contributed by atoms with E-state index in [9.17, 15) is 15.0 Å². The van der Waals surface area contributed by atoms with Crippen LogP contribution in [0.25, 0.3) is 0 Å². The zero-order chi connectivity index (χ0) is 14.5. The highest BCUT2D eigenvalue weighted by Crippen LogP contribution is 2.24. The number of rotatable bonds is 4. The van der Waals surface area contributed by atoms with Crippen LogP contribution in [0.3, 0.4) is 0 Å². The molecule has 0 bridgehead atoms. The van der Waals surface area contributed by atoms with Gasteiger partial charge in [0.15, 0.2) is 6.29 Å². The standard InChI is InChI=1S/C15H15NO4/c17-14(18)11-6-7-12(15(19)20)13(8-11)16-9-10-4-2-1-3-5-10/h1-4,6-9,15-16,19-20H,5H2,(H,17,18)/b10-9-. The lowest BCUT2D eigenvalue weighted by molar-refractivity contribution is -0.0419. The minimum Gasteiger partial charge on any atom is -0.478 e. The number of carboxylic acids is 1.